The second-order valence-corrected chi connectivity index (χ2v) is 5.22. The van der Waals surface area contributed by atoms with Gasteiger partial charge in [-0.1, -0.05) is 36.4 Å². The lowest BCUT2D eigenvalue weighted by Gasteiger charge is -2.16. The number of aryl methyl sites for hydroxylation is 1. The summed E-state index contributed by atoms with van der Waals surface area (Å²) in [6, 6.07) is 9.03. The fraction of sp³-hybridized carbons (Fsp3) is 0.471. The first kappa shape index (κ1) is 14.6. The lowest BCUT2D eigenvalue weighted by molar-refractivity contribution is 0.633. The molecule has 1 aliphatic carbocycles. The Morgan fingerprint density at radius 1 is 1.25 bits per heavy atom. The van der Waals surface area contributed by atoms with Gasteiger partial charge in [0.05, 0.1) is 0 Å². The van der Waals surface area contributed by atoms with Gasteiger partial charge in [-0.15, -0.1) is 0 Å². The maximum atomic E-state index is 4.68. The SMILES string of the molecule is CCNC(=NCCc1ccccc1C)NC1CC=CC1. The van der Waals surface area contributed by atoms with Crippen molar-refractivity contribution in [2.24, 2.45) is 4.99 Å². The van der Waals surface area contributed by atoms with Crippen molar-refractivity contribution in [2.45, 2.75) is 39.2 Å². The van der Waals surface area contributed by atoms with Crippen molar-refractivity contribution in [3.63, 3.8) is 0 Å². The third-order valence-corrected chi connectivity index (χ3v) is 3.61. The zero-order valence-electron chi connectivity index (χ0n) is 12.5. The van der Waals surface area contributed by atoms with E-state index in [1.54, 1.807) is 0 Å². The van der Waals surface area contributed by atoms with E-state index in [4.69, 9.17) is 0 Å². The van der Waals surface area contributed by atoms with Crippen LogP contribution in [0.4, 0.5) is 0 Å². The van der Waals surface area contributed by atoms with E-state index in [0.717, 1.165) is 38.3 Å². The van der Waals surface area contributed by atoms with Crippen LogP contribution in [0, 0.1) is 6.92 Å². The van der Waals surface area contributed by atoms with Crippen molar-refractivity contribution in [2.75, 3.05) is 13.1 Å². The Morgan fingerprint density at radius 2 is 2.00 bits per heavy atom. The molecular weight excluding hydrogens is 246 g/mol. The molecule has 1 aromatic rings. The van der Waals surface area contributed by atoms with Gasteiger partial charge < -0.3 is 10.6 Å². The topological polar surface area (TPSA) is 36.4 Å². The van der Waals surface area contributed by atoms with Gasteiger partial charge in [0.25, 0.3) is 0 Å². The summed E-state index contributed by atoms with van der Waals surface area (Å²) in [4.78, 5) is 4.68. The fourth-order valence-electron chi connectivity index (χ4n) is 2.43. The summed E-state index contributed by atoms with van der Waals surface area (Å²) in [6.45, 7) is 5.98. The molecule has 0 aliphatic heterocycles. The number of hydrogen-bond acceptors (Lipinski definition) is 1. The smallest absolute Gasteiger partial charge is 0.191 e. The summed E-state index contributed by atoms with van der Waals surface area (Å²) in [5.74, 6) is 0.940. The van der Waals surface area contributed by atoms with E-state index in [9.17, 15) is 0 Å². The van der Waals surface area contributed by atoms with Gasteiger partial charge in [-0.25, -0.2) is 0 Å². The molecule has 0 bridgehead atoms. The summed E-state index contributed by atoms with van der Waals surface area (Å²) < 4.78 is 0. The standard InChI is InChI=1S/C17H25N3/c1-3-18-17(20-16-10-6-7-11-16)19-13-12-15-9-5-4-8-14(15)2/h4-9,16H,3,10-13H2,1-2H3,(H2,18,19,20). The van der Waals surface area contributed by atoms with E-state index in [-0.39, 0.29) is 0 Å². The first-order valence-electron chi connectivity index (χ1n) is 7.54. The zero-order valence-corrected chi connectivity index (χ0v) is 12.5. The van der Waals surface area contributed by atoms with Crippen LogP contribution in [0.5, 0.6) is 0 Å². The molecule has 0 amide bonds. The highest BCUT2D eigenvalue weighted by Gasteiger charge is 2.11. The first-order valence-corrected chi connectivity index (χ1v) is 7.54. The molecule has 0 saturated carbocycles. The van der Waals surface area contributed by atoms with Gasteiger partial charge in [0.15, 0.2) is 5.96 Å². The van der Waals surface area contributed by atoms with Crippen LogP contribution in [0.1, 0.15) is 30.9 Å². The molecule has 2 rings (SSSR count). The lowest BCUT2D eigenvalue weighted by Crippen LogP contribution is -2.42. The maximum Gasteiger partial charge on any atom is 0.191 e. The number of rotatable bonds is 5. The van der Waals surface area contributed by atoms with Crippen LogP contribution in [0.15, 0.2) is 41.4 Å². The highest BCUT2D eigenvalue weighted by molar-refractivity contribution is 5.80. The van der Waals surface area contributed by atoms with Crippen LogP contribution in [0.3, 0.4) is 0 Å². The maximum absolute atomic E-state index is 4.68. The van der Waals surface area contributed by atoms with Gasteiger partial charge >= 0.3 is 0 Å². The Hall–Kier alpha value is -1.77. The Bertz CT molecular complexity index is 469. The minimum Gasteiger partial charge on any atom is -0.357 e. The number of aliphatic imine (C=N–C) groups is 1. The summed E-state index contributed by atoms with van der Waals surface area (Å²) in [6.07, 6.45) is 7.65. The quantitative estimate of drug-likeness (QED) is 0.491. The number of guanidine groups is 1. The highest BCUT2D eigenvalue weighted by Crippen LogP contribution is 2.09. The summed E-state index contributed by atoms with van der Waals surface area (Å²) >= 11 is 0. The number of hydrogen-bond donors (Lipinski definition) is 2. The van der Waals surface area contributed by atoms with Crippen LogP contribution >= 0.6 is 0 Å². The Labute approximate surface area is 122 Å². The van der Waals surface area contributed by atoms with Crippen molar-refractivity contribution >= 4 is 5.96 Å². The molecule has 1 aliphatic rings. The highest BCUT2D eigenvalue weighted by atomic mass is 15.2. The molecule has 0 heterocycles. The molecule has 1 aromatic carbocycles. The monoisotopic (exact) mass is 271 g/mol. The van der Waals surface area contributed by atoms with Gasteiger partial charge in [0.2, 0.25) is 0 Å². The normalized spacial score (nSPS) is 15.6. The van der Waals surface area contributed by atoms with Gasteiger partial charge in [-0.3, -0.25) is 4.99 Å². The van der Waals surface area contributed by atoms with Gasteiger partial charge in [0.1, 0.15) is 0 Å². The fourth-order valence-corrected chi connectivity index (χ4v) is 2.43. The third-order valence-electron chi connectivity index (χ3n) is 3.61. The number of benzene rings is 1. The molecule has 2 N–H and O–H groups in total. The second-order valence-electron chi connectivity index (χ2n) is 5.22. The largest absolute Gasteiger partial charge is 0.357 e. The molecule has 3 nitrogen and oxygen atoms in total. The summed E-state index contributed by atoms with van der Waals surface area (Å²) in [5.41, 5.74) is 2.73. The molecule has 0 aromatic heterocycles. The number of nitrogens with one attached hydrogen (secondary N) is 2. The van der Waals surface area contributed by atoms with Crippen molar-refractivity contribution in [3.8, 4) is 0 Å². The van der Waals surface area contributed by atoms with E-state index in [2.05, 4.69) is 65.9 Å². The lowest BCUT2D eigenvalue weighted by atomic mass is 10.1. The predicted molar refractivity (Wildman–Crippen MR) is 86.2 cm³/mol. The van der Waals surface area contributed by atoms with Crippen LogP contribution in [-0.2, 0) is 6.42 Å². The van der Waals surface area contributed by atoms with Crippen molar-refractivity contribution in [3.05, 3.63) is 47.5 Å². The van der Waals surface area contributed by atoms with E-state index in [1.165, 1.54) is 11.1 Å². The van der Waals surface area contributed by atoms with Crippen molar-refractivity contribution < 1.29 is 0 Å². The first-order chi connectivity index (χ1) is 9.79. The van der Waals surface area contributed by atoms with Crippen LogP contribution in [0.2, 0.25) is 0 Å². The van der Waals surface area contributed by atoms with Crippen LogP contribution < -0.4 is 10.6 Å². The Balaban J connectivity index is 1.86. The molecule has 0 fully saturated rings. The molecule has 0 spiro atoms. The van der Waals surface area contributed by atoms with Gasteiger partial charge in [-0.2, -0.15) is 0 Å². The van der Waals surface area contributed by atoms with Crippen molar-refractivity contribution in [1.29, 1.82) is 0 Å². The third kappa shape index (κ3) is 4.41. The molecule has 0 unspecified atom stereocenters. The Morgan fingerprint density at radius 3 is 2.70 bits per heavy atom. The van der Waals surface area contributed by atoms with E-state index >= 15 is 0 Å². The van der Waals surface area contributed by atoms with Gasteiger partial charge in [-0.05, 0) is 44.2 Å². The minimum atomic E-state index is 0.506. The zero-order chi connectivity index (χ0) is 14.2. The molecule has 20 heavy (non-hydrogen) atoms. The number of nitrogens with zero attached hydrogens (tertiary/aromatic N) is 1. The van der Waals surface area contributed by atoms with E-state index in [1.807, 2.05) is 0 Å². The average molecular weight is 271 g/mol. The Kier molecular flexibility index (Phi) is 5.66. The summed E-state index contributed by atoms with van der Waals surface area (Å²) in [5, 5.41) is 6.82. The summed E-state index contributed by atoms with van der Waals surface area (Å²) in [7, 11) is 0. The van der Waals surface area contributed by atoms with Crippen molar-refractivity contribution in [1.82, 2.24) is 10.6 Å². The van der Waals surface area contributed by atoms with E-state index < -0.39 is 0 Å². The average Bonchev–Trinajstić information content (AvgIpc) is 2.94. The van der Waals surface area contributed by atoms with Crippen LogP contribution in [0.25, 0.3) is 0 Å². The second kappa shape index (κ2) is 7.73. The van der Waals surface area contributed by atoms with E-state index in [0.29, 0.717) is 6.04 Å². The molecule has 0 saturated heterocycles. The molecule has 3 heteroatoms. The molecule has 108 valence electrons. The predicted octanol–water partition coefficient (Wildman–Crippen LogP) is 2.81. The molecular formula is C17H25N3. The van der Waals surface area contributed by atoms with Crippen LogP contribution in [-0.4, -0.2) is 25.1 Å². The molecule has 0 radical (unpaired) electrons. The molecule has 0 atom stereocenters. The minimum absolute atomic E-state index is 0.506. The van der Waals surface area contributed by atoms with Gasteiger partial charge in [0, 0.05) is 19.1 Å².